The topological polar surface area (TPSA) is 139 Å². The Kier molecular flexibility index (Phi) is 43.9. The zero-order valence-electron chi connectivity index (χ0n) is 37.0. The van der Waals surface area contributed by atoms with Crippen molar-refractivity contribution in [2.24, 2.45) is 0 Å². The molecule has 332 valence electrons. The van der Waals surface area contributed by atoms with Crippen LogP contribution in [-0.4, -0.2) is 96.5 Å². The molecule has 0 spiro atoms. The third kappa shape index (κ3) is 40.6. The third-order valence-corrected chi connectivity index (χ3v) is 10.9. The molecular weight excluding hydrogens is 866 g/mol. The second kappa shape index (κ2) is 44.8. The molecule has 2 N–H and O–H groups in total. The van der Waals surface area contributed by atoms with E-state index in [9.17, 15) is 19.8 Å². The van der Waals surface area contributed by atoms with Gasteiger partial charge in [0.25, 0.3) is 0 Å². The fraction of sp³-hybridized carbons (Fsp3) is 0.720. The number of hydrogen-bond acceptors (Lipinski definition) is 8. The monoisotopic (exact) mass is 949 g/mol. The first-order valence-electron chi connectivity index (χ1n) is 23.4. The van der Waals surface area contributed by atoms with E-state index in [1.54, 1.807) is 0 Å². The van der Waals surface area contributed by atoms with Gasteiger partial charge in [0.15, 0.2) is 0 Å². The van der Waals surface area contributed by atoms with E-state index in [-0.39, 0.29) is 73.9 Å². The Morgan fingerprint density at radius 1 is 0.407 bits per heavy atom. The van der Waals surface area contributed by atoms with E-state index in [4.69, 9.17) is 19.7 Å². The Hall–Kier alpha value is -1.21. The van der Waals surface area contributed by atoms with Gasteiger partial charge in [0.05, 0.1) is 25.4 Å². The Morgan fingerprint density at radius 3 is 0.915 bits per heavy atom. The molecular formula is C50H82BaO8. The van der Waals surface area contributed by atoms with Crippen LogP contribution in [0.5, 0.6) is 0 Å². The van der Waals surface area contributed by atoms with Crippen molar-refractivity contribution >= 4 is 60.8 Å². The number of carboxylic acids is 2. The van der Waals surface area contributed by atoms with E-state index in [1.165, 1.54) is 116 Å². The summed E-state index contributed by atoms with van der Waals surface area (Å²) in [6.07, 6.45) is 32.6. The normalized spacial score (nSPS) is 12.0. The number of hydrogen-bond donors (Lipinski definition) is 2. The number of carbonyl (C=O) groups excluding carboxylic acids is 2. The van der Waals surface area contributed by atoms with Crippen molar-refractivity contribution in [1.29, 1.82) is 0 Å². The molecule has 2 unspecified atom stereocenters. The first-order chi connectivity index (χ1) is 28.4. The summed E-state index contributed by atoms with van der Waals surface area (Å²) in [5.74, 6) is -1.99. The summed E-state index contributed by atoms with van der Waals surface area (Å²) >= 11 is 0. The van der Waals surface area contributed by atoms with Crippen LogP contribution < -0.4 is 10.2 Å². The molecule has 0 fully saturated rings. The Labute approximate surface area is 400 Å². The number of carbonyl (C=O) groups is 2. The minimum Gasteiger partial charge on any atom is -0.550 e. The predicted octanol–water partition coefficient (Wildman–Crippen LogP) is 9.95. The van der Waals surface area contributed by atoms with Crippen LogP contribution in [-0.2, 0) is 32.3 Å². The molecule has 2 aromatic rings. The Morgan fingerprint density at radius 2 is 0.661 bits per heavy atom. The van der Waals surface area contributed by atoms with Crippen LogP contribution in [0.25, 0.3) is 0 Å². The van der Waals surface area contributed by atoms with Gasteiger partial charge in [0, 0.05) is 25.2 Å². The SMILES string of the molecule is O=C([O-])CCC(CCCCCCCCCCCCCCO)OCc1ccccc1.O=C([O-])CCC(CCCCCCCCCCCCCCO)OCc1ccccc1.[Ba+2]. The van der Waals surface area contributed by atoms with Crippen LogP contribution in [0.15, 0.2) is 60.7 Å². The molecule has 9 heteroatoms. The summed E-state index contributed by atoms with van der Waals surface area (Å²) < 4.78 is 12.0. The van der Waals surface area contributed by atoms with Gasteiger partial charge in [0.2, 0.25) is 0 Å². The Balaban J connectivity index is 0.00000112. The van der Waals surface area contributed by atoms with E-state index in [1.807, 2.05) is 60.7 Å². The molecule has 2 atom stereocenters. The molecule has 0 aromatic heterocycles. The molecule has 0 bridgehead atoms. The molecule has 0 aliphatic rings. The molecule has 0 heterocycles. The van der Waals surface area contributed by atoms with E-state index in [2.05, 4.69) is 0 Å². The van der Waals surface area contributed by atoms with Gasteiger partial charge in [-0.3, -0.25) is 0 Å². The second-order valence-electron chi connectivity index (χ2n) is 16.2. The van der Waals surface area contributed by atoms with Gasteiger partial charge in [-0.15, -0.1) is 0 Å². The number of aliphatic hydroxyl groups is 2. The van der Waals surface area contributed by atoms with Gasteiger partial charge in [-0.1, -0.05) is 202 Å². The molecule has 0 saturated heterocycles. The van der Waals surface area contributed by atoms with Crippen LogP contribution in [0.4, 0.5) is 0 Å². The molecule has 8 nitrogen and oxygen atoms in total. The maximum Gasteiger partial charge on any atom is 2.00 e. The van der Waals surface area contributed by atoms with Crippen molar-refractivity contribution in [2.45, 2.75) is 218 Å². The number of benzene rings is 2. The van der Waals surface area contributed by atoms with Crippen LogP contribution >= 0.6 is 0 Å². The summed E-state index contributed by atoms with van der Waals surface area (Å²) in [4.78, 5) is 21.6. The van der Waals surface area contributed by atoms with Gasteiger partial charge >= 0.3 is 48.9 Å². The van der Waals surface area contributed by atoms with Crippen molar-refractivity contribution in [3.05, 3.63) is 71.8 Å². The zero-order valence-corrected chi connectivity index (χ0v) is 41.5. The molecule has 2 aromatic carbocycles. The number of rotatable bonds is 40. The van der Waals surface area contributed by atoms with Crippen LogP contribution in [0, 0.1) is 0 Å². The Bertz CT molecular complexity index is 1080. The quantitative estimate of drug-likeness (QED) is 0.0498. The van der Waals surface area contributed by atoms with Gasteiger partial charge in [-0.05, 0) is 62.5 Å². The summed E-state index contributed by atoms with van der Waals surface area (Å²) in [7, 11) is 0. The molecule has 59 heavy (non-hydrogen) atoms. The molecule has 0 aliphatic carbocycles. The molecule has 0 aliphatic heterocycles. The minimum absolute atomic E-state index is 0. The molecule has 2 rings (SSSR count). The first kappa shape index (κ1) is 57.8. The molecule has 0 radical (unpaired) electrons. The minimum atomic E-state index is -0.994. The van der Waals surface area contributed by atoms with Crippen molar-refractivity contribution in [2.75, 3.05) is 13.2 Å². The number of carboxylic acid groups (broad SMARTS) is 2. The summed E-state index contributed by atoms with van der Waals surface area (Å²) in [5, 5.41) is 39.1. The summed E-state index contributed by atoms with van der Waals surface area (Å²) in [5.41, 5.74) is 2.25. The maximum atomic E-state index is 10.8. The van der Waals surface area contributed by atoms with Gasteiger partial charge in [-0.25, -0.2) is 0 Å². The standard InChI is InChI=1S/2C25H42O4.Ba/c2*26-21-15-10-8-6-4-2-1-3-5-7-9-14-18-24(19-20-25(27)28)29-22-23-16-12-11-13-17-23;/h2*11-13,16-17,24,26H,1-10,14-15,18-22H2,(H,27,28);/q;;+2/p-2. The smallest absolute Gasteiger partial charge is 0.550 e. The summed E-state index contributed by atoms with van der Waals surface area (Å²) in [6.45, 7) is 1.74. The number of aliphatic carboxylic acids is 2. The van der Waals surface area contributed by atoms with Crippen LogP contribution in [0.1, 0.15) is 204 Å². The van der Waals surface area contributed by atoms with E-state index >= 15 is 0 Å². The number of unbranched alkanes of at least 4 members (excludes halogenated alkanes) is 22. The fourth-order valence-electron chi connectivity index (χ4n) is 7.26. The fourth-order valence-corrected chi connectivity index (χ4v) is 7.26. The predicted molar refractivity (Wildman–Crippen MR) is 238 cm³/mol. The first-order valence-corrected chi connectivity index (χ1v) is 23.4. The van der Waals surface area contributed by atoms with E-state index in [0.717, 1.165) is 62.5 Å². The van der Waals surface area contributed by atoms with Gasteiger partial charge in [-0.2, -0.15) is 0 Å². The number of aliphatic hydroxyl groups excluding tert-OH is 2. The molecule has 0 amide bonds. The average molecular weight is 949 g/mol. The molecule has 0 saturated carbocycles. The maximum absolute atomic E-state index is 10.8. The van der Waals surface area contributed by atoms with E-state index < -0.39 is 11.9 Å². The van der Waals surface area contributed by atoms with Gasteiger partial charge < -0.3 is 39.5 Å². The third-order valence-electron chi connectivity index (χ3n) is 10.9. The van der Waals surface area contributed by atoms with Gasteiger partial charge in [0.1, 0.15) is 0 Å². The number of ether oxygens (including phenoxy) is 2. The summed E-state index contributed by atoms with van der Waals surface area (Å²) in [6, 6.07) is 20.1. The van der Waals surface area contributed by atoms with Crippen molar-refractivity contribution in [3.8, 4) is 0 Å². The van der Waals surface area contributed by atoms with E-state index in [0.29, 0.717) is 39.3 Å². The van der Waals surface area contributed by atoms with Crippen molar-refractivity contribution in [3.63, 3.8) is 0 Å². The zero-order chi connectivity index (χ0) is 42.0. The van der Waals surface area contributed by atoms with Crippen LogP contribution in [0.3, 0.4) is 0 Å². The average Bonchev–Trinajstić information content (AvgIpc) is 3.23. The largest absolute Gasteiger partial charge is 2.00 e. The van der Waals surface area contributed by atoms with Crippen molar-refractivity contribution in [1.82, 2.24) is 0 Å². The van der Waals surface area contributed by atoms with Crippen molar-refractivity contribution < 1.29 is 39.5 Å². The van der Waals surface area contributed by atoms with Crippen LogP contribution in [0.2, 0.25) is 0 Å². The second-order valence-corrected chi connectivity index (χ2v) is 16.2.